The summed E-state index contributed by atoms with van der Waals surface area (Å²) in [6.45, 7) is 3.79. The largest absolute Gasteiger partial charge is 0.494 e. The Bertz CT molecular complexity index is 1420. The van der Waals surface area contributed by atoms with Crippen molar-refractivity contribution in [3.63, 3.8) is 0 Å². The van der Waals surface area contributed by atoms with Crippen LogP contribution in [0.5, 0.6) is 23.0 Å². The van der Waals surface area contributed by atoms with Crippen LogP contribution in [0.3, 0.4) is 0 Å². The molecule has 0 radical (unpaired) electrons. The number of unbranched alkanes of at least 4 members (excludes halogenated alkanes) is 10. The summed E-state index contributed by atoms with van der Waals surface area (Å²) in [6.07, 6.45) is 12.0. The summed E-state index contributed by atoms with van der Waals surface area (Å²) < 4.78 is 28.2. The lowest BCUT2D eigenvalue weighted by atomic mass is 10.1. The van der Waals surface area contributed by atoms with E-state index in [2.05, 4.69) is 6.92 Å². The van der Waals surface area contributed by atoms with Gasteiger partial charge in [0, 0.05) is 13.2 Å². The molecule has 3 aromatic rings. The van der Waals surface area contributed by atoms with Crippen LogP contribution < -0.4 is 18.9 Å². The Balaban J connectivity index is 1.64. The zero-order chi connectivity index (χ0) is 35.8. The van der Waals surface area contributed by atoms with Crippen molar-refractivity contribution in [2.45, 2.75) is 90.4 Å². The molecule has 0 spiro atoms. The summed E-state index contributed by atoms with van der Waals surface area (Å²) in [7, 11) is 0. The Hall–Kier alpha value is -4.41. The number of carbonyl (C=O) groups is 3. The van der Waals surface area contributed by atoms with Crippen LogP contribution in [-0.2, 0) is 4.74 Å². The topological polar surface area (TPSA) is 138 Å². The molecular formula is C40H52O10. The van der Waals surface area contributed by atoms with Gasteiger partial charge in [-0.15, -0.1) is 0 Å². The number of rotatable bonds is 25. The van der Waals surface area contributed by atoms with E-state index in [9.17, 15) is 14.4 Å². The second-order valence-electron chi connectivity index (χ2n) is 12.0. The van der Waals surface area contributed by atoms with Crippen LogP contribution in [0.2, 0.25) is 0 Å². The fourth-order valence-electron chi connectivity index (χ4n) is 4.98. The van der Waals surface area contributed by atoms with Crippen LogP contribution in [0.15, 0.2) is 66.7 Å². The Morgan fingerprint density at radius 1 is 0.500 bits per heavy atom. The van der Waals surface area contributed by atoms with Gasteiger partial charge in [-0.1, -0.05) is 45.4 Å². The van der Waals surface area contributed by atoms with Crippen LogP contribution in [0.4, 0.5) is 0 Å². The summed E-state index contributed by atoms with van der Waals surface area (Å²) in [5, 5.41) is 17.8. The molecule has 0 saturated heterocycles. The Morgan fingerprint density at radius 2 is 0.960 bits per heavy atom. The van der Waals surface area contributed by atoms with Crippen molar-refractivity contribution in [3.05, 3.63) is 83.4 Å². The molecule has 0 aliphatic rings. The molecule has 50 heavy (non-hydrogen) atoms. The molecule has 0 aromatic heterocycles. The first kappa shape index (κ1) is 40.0. The molecular weight excluding hydrogens is 640 g/mol. The number of benzene rings is 3. The molecule has 10 heteroatoms. The van der Waals surface area contributed by atoms with Gasteiger partial charge in [0.05, 0.1) is 30.9 Å². The molecule has 3 rings (SSSR count). The van der Waals surface area contributed by atoms with Gasteiger partial charge >= 0.3 is 17.9 Å². The van der Waals surface area contributed by atoms with Gasteiger partial charge in [0.2, 0.25) is 0 Å². The maximum absolute atomic E-state index is 13.2. The number of aliphatic hydroxyl groups excluding tert-OH is 2. The molecule has 0 aliphatic carbocycles. The van der Waals surface area contributed by atoms with E-state index < -0.39 is 17.9 Å². The molecule has 0 unspecified atom stereocenters. The first-order valence-electron chi connectivity index (χ1n) is 17.9. The minimum absolute atomic E-state index is 0.0214. The normalized spacial score (nSPS) is 10.8. The van der Waals surface area contributed by atoms with Crippen molar-refractivity contribution in [2.24, 2.45) is 0 Å². The first-order chi connectivity index (χ1) is 24.4. The van der Waals surface area contributed by atoms with E-state index in [0.29, 0.717) is 36.7 Å². The number of ether oxygens (including phenoxy) is 5. The molecule has 272 valence electrons. The predicted octanol–water partition coefficient (Wildman–Crippen LogP) is 8.12. The van der Waals surface area contributed by atoms with Crippen LogP contribution in [0.1, 0.15) is 121 Å². The van der Waals surface area contributed by atoms with Crippen molar-refractivity contribution in [1.29, 1.82) is 0 Å². The standard InChI is InChI=1S/C40H52O10/c1-2-3-4-7-14-29-48-40(45)36-30-35(49-38(43)31-15-19-33(20-16-31)46-27-12-8-5-10-25-41)23-24-37(36)50-39(44)32-17-21-34(22-18-32)47-28-13-9-6-11-26-42/h15-24,30,41-42H,2-14,25-29H2,1H3. The molecule has 2 N–H and O–H groups in total. The molecule has 0 bridgehead atoms. The fraction of sp³-hybridized carbons (Fsp3) is 0.475. The lowest BCUT2D eigenvalue weighted by molar-refractivity contribution is 0.0490. The van der Waals surface area contributed by atoms with Gasteiger partial charge in [-0.05, 0) is 112 Å². The van der Waals surface area contributed by atoms with E-state index >= 15 is 0 Å². The summed E-state index contributed by atoms with van der Waals surface area (Å²) in [6, 6.07) is 17.3. The predicted molar refractivity (Wildman–Crippen MR) is 190 cm³/mol. The van der Waals surface area contributed by atoms with Gasteiger partial charge in [-0.25, -0.2) is 14.4 Å². The van der Waals surface area contributed by atoms with E-state index in [-0.39, 0.29) is 42.4 Å². The van der Waals surface area contributed by atoms with Gasteiger partial charge < -0.3 is 33.9 Å². The highest BCUT2D eigenvalue weighted by atomic mass is 16.6. The zero-order valence-electron chi connectivity index (χ0n) is 29.2. The average molecular weight is 693 g/mol. The monoisotopic (exact) mass is 692 g/mol. The van der Waals surface area contributed by atoms with Gasteiger partial charge in [0.25, 0.3) is 0 Å². The summed E-state index contributed by atoms with van der Waals surface area (Å²) in [5.74, 6) is -0.689. The lowest BCUT2D eigenvalue weighted by Crippen LogP contribution is -2.14. The highest BCUT2D eigenvalue weighted by Crippen LogP contribution is 2.28. The van der Waals surface area contributed by atoms with Crippen LogP contribution >= 0.6 is 0 Å². The third-order valence-corrected chi connectivity index (χ3v) is 7.89. The number of esters is 3. The number of carbonyl (C=O) groups excluding carboxylic acids is 3. The van der Waals surface area contributed by atoms with Crippen molar-refractivity contribution in [1.82, 2.24) is 0 Å². The van der Waals surface area contributed by atoms with Crippen LogP contribution in [0.25, 0.3) is 0 Å². The highest BCUT2D eigenvalue weighted by molar-refractivity contribution is 5.97. The number of hydrogen-bond donors (Lipinski definition) is 2. The number of aliphatic hydroxyl groups is 2. The van der Waals surface area contributed by atoms with Crippen molar-refractivity contribution in [3.8, 4) is 23.0 Å². The Labute approximate surface area is 295 Å². The van der Waals surface area contributed by atoms with Gasteiger partial charge in [0.1, 0.15) is 28.6 Å². The van der Waals surface area contributed by atoms with Crippen LogP contribution in [-0.4, -0.2) is 61.2 Å². The van der Waals surface area contributed by atoms with E-state index in [0.717, 1.165) is 77.0 Å². The lowest BCUT2D eigenvalue weighted by Gasteiger charge is -2.13. The second kappa shape index (κ2) is 23.9. The maximum Gasteiger partial charge on any atom is 0.343 e. The van der Waals surface area contributed by atoms with Crippen LogP contribution in [0, 0.1) is 0 Å². The highest BCUT2D eigenvalue weighted by Gasteiger charge is 2.21. The molecule has 0 atom stereocenters. The molecule has 3 aromatic carbocycles. The SMILES string of the molecule is CCCCCCCOC(=O)c1cc(OC(=O)c2ccc(OCCCCCCO)cc2)ccc1OC(=O)c1ccc(OCCCCCCO)cc1. The van der Waals surface area contributed by atoms with Gasteiger partial charge in [-0.3, -0.25) is 0 Å². The Kier molecular flexibility index (Phi) is 19.1. The van der Waals surface area contributed by atoms with Crippen molar-refractivity contribution >= 4 is 17.9 Å². The summed E-state index contributed by atoms with van der Waals surface area (Å²) in [4.78, 5) is 39.2. The Morgan fingerprint density at radius 3 is 1.48 bits per heavy atom. The first-order valence-corrected chi connectivity index (χ1v) is 17.9. The molecule has 0 amide bonds. The van der Waals surface area contributed by atoms with Crippen molar-refractivity contribution < 1.29 is 48.3 Å². The molecule has 0 aliphatic heterocycles. The van der Waals surface area contributed by atoms with E-state index in [1.807, 2.05) is 0 Å². The molecule has 0 heterocycles. The minimum Gasteiger partial charge on any atom is -0.494 e. The van der Waals surface area contributed by atoms with E-state index in [1.54, 1.807) is 48.5 Å². The third-order valence-electron chi connectivity index (χ3n) is 7.89. The quantitative estimate of drug-likeness (QED) is 0.0509. The van der Waals surface area contributed by atoms with E-state index in [1.165, 1.54) is 18.2 Å². The smallest absolute Gasteiger partial charge is 0.343 e. The molecule has 10 nitrogen and oxygen atoms in total. The molecule has 0 fully saturated rings. The van der Waals surface area contributed by atoms with Crippen molar-refractivity contribution in [2.75, 3.05) is 33.0 Å². The summed E-state index contributed by atoms with van der Waals surface area (Å²) in [5.41, 5.74) is 0.516. The number of hydrogen-bond acceptors (Lipinski definition) is 10. The maximum atomic E-state index is 13.2. The van der Waals surface area contributed by atoms with Gasteiger partial charge in [0.15, 0.2) is 0 Å². The second-order valence-corrected chi connectivity index (χ2v) is 12.0. The average Bonchev–Trinajstić information content (AvgIpc) is 3.13. The molecule has 0 saturated carbocycles. The van der Waals surface area contributed by atoms with Gasteiger partial charge in [-0.2, -0.15) is 0 Å². The summed E-state index contributed by atoms with van der Waals surface area (Å²) >= 11 is 0. The fourth-order valence-corrected chi connectivity index (χ4v) is 4.98. The third kappa shape index (κ3) is 15.0. The zero-order valence-corrected chi connectivity index (χ0v) is 29.2. The van der Waals surface area contributed by atoms with E-state index in [4.69, 9.17) is 33.9 Å². The minimum atomic E-state index is -0.693.